The highest BCUT2D eigenvalue weighted by molar-refractivity contribution is 5.75. The molecule has 4 nitrogen and oxygen atoms in total. The SMILES string of the molecule is NCC1CCCC1c1nc2cnccc2n1C1CC1. The maximum Gasteiger partial charge on any atom is 0.113 e. The van der Waals surface area contributed by atoms with Crippen LogP contribution >= 0.6 is 0 Å². The molecule has 0 radical (unpaired) electrons. The van der Waals surface area contributed by atoms with Gasteiger partial charge in [-0.15, -0.1) is 0 Å². The predicted octanol–water partition coefficient (Wildman–Crippen LogP) is 2.61. The first kappa shape index (κ1) is 11.4. The van der Waals surface area contributed by atoms with Gasteiger partial charge in [-0.25, -0.2) is 4.98 Å². The van der Waals surface area contributed by atoms with Crippen LogP contribution in [0.2, 0.25) is 0 Å². The summed E-state index contributed by atoms with van der Waals surface area (Å²) in [5.41, 5.74) is 8.26. The van der Waals surface area contributed by atoms with E-state index in [9.17, 15) is 0 Å². The molecule has 2 aromatic rings. The molecule has 0 amide bonds. The van der Waals surface area contributed by atoms with E-state index < -0.39 is 0 Å². The van der Waals surface area contributed by atoms with Crippen LogP contribution in [0.4, 0.5) is 0 Å². The molecule has 4 heteroatoms. The summed E-state index contributed by atoms with van der Waals surface area (Å²) in [6, 6.07) is 2.78. The van der Waals surface area contributed by atoms with Crippen LogP contribution in [0.15, 0.2) is 18.5 Å². The van der Waals surface area contributed by atoms with Crippen LogP contribution in [-0.4, -0.2) is 21.1 Å². The van der Waals surface area contributed by atoms with Crippen LogP contribution in [0, 0.1) is 5.92 Å². The molecule has 2 atom stereocenters. The predicted molar refractivity (Wildman–Crippen MR) is 74.9 cm³/mol. The van der Waals surface area contributed by atoms with Gasteiger partial charge in [0, 0.05) is 18.2 Å². The third-order valence-electron chi connectivity index (χ3n) is 4.72. The normalized spacial score (nSPS) is 27.2. The Morgan fingerprint density at radius 2 is 2.16 bits per heavy atom. The van der Waals surface area contributed by atoms with Gasteiger partial charge >= 0.3 is 0 Å². The Labute approximate surface area is 113 Å². The monoisotopic (exact) mass is 256 g/mol. The van der Waals surface area contributed by atoms with Crippen molar-refractivity contribution in [1.29, 1.82) is 0 Å². The highest BCUT2D eigenvalue weighted by Gasteiger charge is 2.35. The Hall–Kier alpha value is -1.42. The summed E-state index contributed by atoms with van der Waals surface area (Å²) >= 11 is 0. The molecule has 100 valence electrons. The van der Waals surface area contributed by atoms with Gasteiger partial charge in [-0.1, -0.05) is 6.42 Å². The molecular weight excluding hydrogens is 236 g/mol. The third kappa shape index (κ3) is 1.77. The van der Waals surface area contributed by atoms with Crippen molar-refractivity contribution in [2.24, 2.45) is 11.7 Å². The molecule has 2 aliphatic rings. The van der Waals surface area contributed by atoms with E-state index in [1.54, 1.807) is 0 Å². The number of hydrogen-bond acceptors (Lipinski definition) is 3. The van der Waals surface area contributed by atoms with E-state index in [2.05, 4.69) is 15.6 Å². The molecule has 0 spiro atoms. The summed E-state index contributed by atoms with van der Waals surface area (Å²) < 4.78 is 2.48. The molecule has 19 heavy (non-hydrogen) atoms. The smallest absolute Gasteiger partial charge is 0.113 e. The molecule has 4 rings (SSSR count). The average molecular weight is 256 g/mol. The van der Waals surface area contributed by atoms with Crippen molar-refractivity contribution in [1.82, 2.24) is 14.5 Å². The number of fused-ring (bicyclic) bond motifs is 1. The molecule has 2 aliphatic carbocycles. The fourth-order valence-corrected chi connectivity index (χ4v) is 3.61. The standard InChI is InChI=1S/C15H20N4/c16-8-10-2-1-3-12(10)15-18-13-9-17-7-6-14(13)19(15)11-4-5-11/h6-7,9-12H,1-5,8,16H2. The third-order valence-corrected chi connectivity index (χ3v) is 4.72. The van der Waals surface area contributed by atoms with Gasteiger partial charge in [0.2, 0.25) is 0 Å². The molecule has 2 fully saturated rings. The minimum absolute atomic E-state index is 0.554. The number of nitrogens with two attached hydrogens (primary N) is 1. The van der Waals surface area contributed by atoms with E-state index in [-0.39, 0.29) is 0 Å². The summed E-state index contributed by atoms with van der Waals surface area (Å²) in [6.07, 6.45) is 10.1. The average Bonchev–Trinajstić information content (AvgIpc) is 3.05. The zero-order chi connectivity index (χ0) is 12.8. The first-order valence-corrected chi connectivity index (χ1v) is 7.40. The molecule has 0 bridgehead atoms. The van der Waals surface area contributed by atoms with Crippen molar-refractivity contribution in [2.75, 3.05) is 6.54 Å². The summed E-state index contributed by atoms with van der Waals surface area (Å²) in [5, 5.41) is 0. The summed E-state index contributed by atoms with van der Waals surface area (Å²) in [7, 11) is 0. The van der Waals surface area contributed by atoms with Crippen LogP contribution < -0.4 is 5.73 Å². The summed E-state index contributed by atoms with van der Waals surface area (Å²) in [4.78, 5) is 9.11. The molecule has 2 unspecified atom stereocenters. The van der Waals surface area contributed by atoms with Gasteiger partial charge < -0.3 is 10.3 Å². The van der Waals surface area contributed by atoms with Crippen LogP contribution in [0.1, 0.15) is 49.9 Å². The van der Waals surface area contributed by atoms with Gasteiger partial charge in [-0.3, -0.25) is 4.98 Å². The Balaban J connectivity index is 1.86. The maximum absolute atomic E-state index is 5.95. The second-order valence-corrected chi connectivity index (χ2v) is 5.97. The fraction of sp³-hybridized carbons (Fsp3) is 0.600. The van der Waals surface area contributed by atoms with Gasteiger partial charge in [-0.05, 0) is 44.2 Å². The Morgan fingerprint density at radius 3 is 2.95 bits per heavy atom. The van der Waals surface area contributed by atoms with E-state index in [0.29, 0.717) is 17.9 Å². The van der Waals surface area contributed by atoms with Gasteiger partial charge in [0.05, 0.1) is 11.7 Å². The largest absolute Gasteiger partial charge is 0.330 e. The second kappa shape index (κ2) is 4.30. The number of aromatic nitrogens is 3. The number of nitrogens with zero attached hydrogens (tertiary/aromatic N) is 3. The van der Waals surface area contributed by atoms with Crippen LogP contribution in [-0.2, 0) is 0 Å². The van der Waals surface area contributed by atoms with Gasteiger partial charge in [0.1, 0.15) is 11.3 Å². The Kier molecular flexibility index (Phi) is 2.58. The number of pyridine rings is 1. The lowest BCUT2D eigenvalue weighted by molar-refractivity contribution is 0.461. The highest BCUT2D eigenvalue weighted by atomic mass is 15.1. The molecule has 2 aromatic heterocycles. The van der Waals surface area contributed by atoms with E-state index in [1.165, 1.54) is 43.4 Å². The highest BCUT2D eigenvalue weighted by Crippen LogP contribution is 2.45. The Bertz CT molecular complexity index is 599. The lowest BCUT2D eigenvalue weighted by Gasteiger charge is -2.19. The number of imidazole rings is 1. The molecule has 0 aromatic carbocycles. The van der Waals surface area contributed by atoms with E-state index in [0.717, 1.165) is 12.1 Å². The van der Waals surface area contributed by atoms with Gasteiger partial charge in [-0.2, -0.15) is 0 Å². The van der Waals surface area contributed by atoms with Gasteiger partial charge in [0.15, 0.2) is 0 Å². The fourth-order valence-electron chi connectivity index (χ4n) is 3.61. The number of rotatable bonds is 3. The zero-order valence-corrected chi connectivity index (χ0v) is 11.1. The quantitative estimate of drug-likeness (QED) is 0.918. The van der Waals surface area contributed by atoms with E-state index in [1.807, 2.05) is 12.4 Å². The van der Waals surface area contributed by atoms with Crippen molar-refractivity contribution in [3.05, 3.63) is 24.3 Å². The van der Waals surface area contributed by atoms with Crippen molar-refractivity contribution in [3.63, 3.8) is 0 Å². The molecule has 2 saturated carbocycles. The van der Waals surface area contributed by atoms with Crippen LogP contribution in [0.5, 0.6) is 0 Å². The molecular formula is C15H20N4. The van der Waals surface area contributed by atoms with E-state index >= 15 is 0 Å². The van der Waals surface area contributed by atoms with Crippen LogP contribution in [0.3, 0.4) is 0 Å². The second-order valence-electron chi connectivity index (χ2n) is 5.97. The topological polar surface area (TPSA) is 56.7 Å². The zero-order valence-electron chi connectivity index (χ0n) is 11.1. The molecule has 2 N–H and O–H groups in total. The molecule has 2 heterocycles. The molecule has 0 saturated heterocycles. The Morgan fingerprint density at radius 1 is 1.26 bits per heavy atom. The number of hydrogen-bond donors (Lipinski definition) is 1. The lowest BCUT2D eigenvalue weighted by atomic mass is 9.95. The molecule has 0 aliphatic heterocycles. The van der Waals surface area contributed by atoms with Crippen LogP contribution in [0.25, 0.3) is 11.0 Å². The maximum atomic E-state index is 5.95. The van der Waals surface area contributed by atoms with Crippen molar-refractivity contribution in [3.8, 4) is 0 Å². The van der Waals surface area contributed by atoms with E-state index in [4.69, 9.17) is 10.7 Å². The van der Waals surface area contributed by atoms with Crippen molar-refractivity contribution < 1.29 is 0 Å². The van der Waals surface area contributed by atoms with Gasteiger partial charge in [0.25, 0.3) is 0 Å². The first-order chi connectivity index (χ1) is 9.38. The lowest BCUT2D eigenvalue weighted by Crippen LogP contribution is -2.20. The minimum Gasteiger partial charge on any atom is -0.330 e. The van der Waals surface area contributed by atoms with Crippen molar-refractivity contribution in [2.45, 2.75) is 44.1 Å². The van der Waals surface area contributed by atoms with Crippen molar-refractivity contribution >= 4 is 11.0 Å². The first-order valence-electron chi connectivity index (χ1n) is 7.40. The summed E-state index contributed by atoms with van der Waals surface area (Å²) in [6.45, 7) is 0.788. The minimum atomic E-state index is 0.554. The summed E-state index contributed by atoms with van der Waals surface area (Å²) in [5.74, 6) is 2.44.